The highest BCUT2D eigenvalue weighted by atomic mass is 32.2. The lowest BCUT2D eigenvalue weighted by molar-refractivity contribution is -0.115. The zero-order valence-corrected chi connectivity index (χ0v) is 17.4. The van der Waals surface area contributed by atoms with Crippen LogP contribution in [0, 0.1) is 12.8 Å². The average molecular weight is 396 g/mol. The van der Waals surface area contributed by atoms with E-state index in [1.165, 1.54) is 11.8 Å². The van der Waals surface area contributed by atoms with Gasteiger partial charge in [-0.1, -0.05) is 55.9 Å². The van der Waals surface area contributed by atoms with E-state index in [-0.39, 0.29) is 17.4 Å². The highest BCUT2D eigenvalue weighted by Gasteiger charge is 2.20. The SMILES string of the molecule is Cc1ccccc1NC(=O)[C@H](C)Sc1nc2ccccc2c(=O)n1CC(C)C. The van der Waals surface area contributed by atoms with Gasteiger partial charge < -0.3 is 5.32 Å². The zero-order valence-electron chi connectivity index (χ0n) is 16.6. The number of rotatable bonds is 6. The van der Waals surface area contributed by atoms with Crippen molar-refractivity contribution in [3.05, 3.63) is 64.4 Å². The predicted octanol–water partition coefficient (Wildman–Crippen LogP) is 4.48. The highest BCUT2D eigenvalue weighted by Crippen LogP contribution is 2.25. The van der Waals surface area contributed by atoms with Crippen LogP contribution in [0.4, 0.5) is 5.69 Å². The van der Waals surface area contributed by atoms with Crippen LogP contribution in [0.1, 0.15) is 26.3 Å². The van der Waals surface area contributed by atoms with Crippen LogP contribution in [0.15, 0.2) is 58.5 Å². The Morgan fingerprint density at radius 3 is 2.50 bits per heavy atom. The molecule has 28 heavy (non-hydrogen) atoms. The summed E-state index contributed by atoms with van der Waals surface area (Å²) in [4.78, 5) is 30.4. The summed E-state index contributed by atoms with van der Waals surface area (Å²) in [5.74, 6) is 0.175. The molecule has 0 fully saturated rings. The molecule has 0 spiro atoms. The Morgan fingerprint density at radius 2 is 1.79 bits per heavy atom. The normalized spacial score (nSPS) is 12.3. The second-order valence-electron chi connectivity index (χ2n) is 7.29. The molecule has 0 aliphatic carbocycles. The minimum absolute atomic E-state index is 0.0617. The van der Waals surface area contributed by atoms with Crippen molar-refractivity contribution in [2.75, 3.05) is 5.32 Å². The number of carbonyl (C=O) groups is 1. The molecule has 0 aliphatic rings. The topological polar surface area (TPSA) is 64.0 Å². The van der Waals surface area contributed by atoms with E-state index in [1.807, 2.05) is 56.3 Å². The van der Waals surface area contributed by atoms with Crippen LogP contribution in [-0.4, -0.2) is 20.7 Å². The van der Waals surface area contributed by atoms with Crippen LogP contribution < -0.4 is 10.9 Å². The summed E-state index contributed by atoms with van der Waals surface area (Å²) in [6, 6.07) is 15.0. The maximum absolute atomic E-state index is 13.0. The number of carbonyl (C=O) groups excluding carboxylic acids is 1. The quantitative estimate of drug-likeness (QED) is 0.494. The van der Waals surface area contributed by atoms with Crippen LogP contribution in [-0.2, 0) is 11.3 Å². The molecule has 1 aromatic heterocycles. The summed E-state index contributed by atoms with van der Waals surface area (Å²) in [6.07, 6.45) is 0. The van der Waals surface area contributed by atoms with Crippen molar-refractivity contribution < 1.29 is 4.79 Å². The van der Waals surface area contributed by atoms with Gasteiger partial charge in [0.15, 0.2) is 5.16 Å². The van der Waals surface area contributed by atoms with Crippen molar-refractivity contribution in [2.24, 2.45) is 5.92 Å². The number of aromatic nitrogens is 2. The van der Waals surface area contributed by atoms with Gasteiger partial charge in [-0.15, -0.1) is 0 Å². The molecule has 1 amide bonds. The number of nitrogens with one attached hydrogen (secondary N) is 1. The van der Waals surface area contributed by atoms with Crippen LogP contribution >= 0.6 is 11.8 Å². The number of aryl methyl sites for hydroxylation is 1. The fourth-order valence-electron chi connectivity index (χ4n) is 2.92. The van der Waals surface area contributed by atoms with E-state index in [4.69, 9.17) is 0 Å². The van der Waals surface area contributed by atoms with Crippen LogP contribution in [0.2, 0.25) is 0 Å². The van der Waals surface area contributed by atoms with Gasteiger partial charge in [0.2, 0.25) is 5.91 Å². The number of para-hydroxylation sites is 2. The number of amides is 1. The van der Waals surface area contributed by atoms with Crippen LogP contribution in [0.3, 0.4) is 0 Å². The van der Waals surface area contributed by atoms with Gasteiger partial charge in [0.25, 0.3) is 5.56 Å². The molecule has 0 unspecified atom stereocenters. The molecule has 0 bridgehead atoms. The fraction of sp³-hybridized carbons (Fsp3) is 0.318. The predicted molar refractivity (Wildman–Crippen MR) is 116 cm³/mol. The van der Waals surface area contributed by atoms with Gasteiger partial charge in [-0.25, -0.2) is 4.98 Å². The molecule has 2 aromatic carbocycles. The molecule has 6 heteroatoms. The van der Waals surface area contributed by atoms with Crippen LogP contribution in [0.25, 0.3) is 10.9 Å². The third-order valence-electron chi connectivity index (χ3n) is 4.43. The number of fused-ring (bicyclic) bond motifs is 1. The molecule has 0 saturated carbocycles. The maximum Gasteiger partial charge on any atom is 0.262 e. The number of anilines is 1. The number of benzene rings is 2. The summed E-state index contributed by atoms with van der Waals surface area (Å²) in [5.41, 5.74) is 2.40. The van der Waals surface area contributed by atoms with Gasteiger partial charge in [0, 0.05) is 12.2 Å². The zero-order chi connectivity index (χ0) is 20.3. The summed E-state index contributed by atoms with van der Waals surface area (Å²) < 4.78 is 1.69. The molecular formula is C22H25N3O2S. The lowest BCUT2D eigenvalue weighted by Gasteiger charge is -2.18. The molecule has 0 aliphatic heterocycles. The van der Waals surface area contributed by atoms with E-state index < -0.39 is 5.25 Å². The third kappa shape index (κ3) is 4.44. The van der Waals surface area contributed by atoms with Gasteiger partial charge in [-0.3, -0.25) is 14.2 Å². The van der Waals surface area contributed by atoms with E-state index in [0.29, 0.717) is 22.6 Å². The highest BCUT2D eigenvalue weighted by molar-refractivity contribution is 8.00. The summed E-state index contributed by atoms with van der Waals surface area (Å²) in [7, 11) is 0. The van der Waals surface area contributed by atoms with Gasteiger partial charge in [-0.2, -0.15) is 0 Å². The van der Waals surface area contributed by atoms with E-state index in [0.717, 1.165) is 11.3 Å². The molecule has 1 atom stereocenters. The lowest BCUT2D eigenvalue weighted by Crippen LogP contribution is -2.28. The van der Waals surface area contributed by atoms with Crippen molar-refractivity contribution in [2.45, 2.75) is 44.6 Å². The molecule has 146 valence electrons. The molecule has 1 N–H and O–H groups in total. The second-order valence-corrected chi connectivity index (χ2v) is 8.59. The molecular weight excluding hydrogens is 370 g/mol. The van der Waals surface area contributed by atoms with E-state index in [2.05, 4.69) is 24.1 Å². The third-order valence-corrected chi connectivity index (χ3v) is 5.52. The Hall–Kier alpha value is -2.60. The summed E-state index contributed by atoms with van der Waals surface area (Å²) in [5, 5.41) is 3.75. The maximum atomic E-state index is 13.0. The number of nitrogens with zero attached hydrogens (tertiary/aromatic N) is 2. The Kier molecular flexibility index (Phi) is 6.19. The Morgan fingerprint density at radius 1 is 1.11 bits per heavy atom. The monoisotopic (exact) mass is 395 g/mol. The molecule has 1 heterocycles. The molecule has 3 rings (SSSR count). The van der Waals surface area contributed by atoms with E-state index in [9.17, 15) is 9.59 Å². The van der Waals surface area contributed by atoms with Crippen molar-refractivity contribution >= 4 is 34.3 Å². The summed E-state index contributed by atoms with van der Waals surface area (Å²) >= 11 is 1.31. The number of hydrogen-bond donors (Lipinski definition) is 1. The largest absolute Gasteiger partial charge is 0.325 e. The lowest BCUT2D eigenvalue weighted by atomic mass is 10.2. The number of thioether (sulfide) groups is 1. The van der Waals surface area contributed by atoms with Gasteiger partial charge >= 0.3 is 0 Å². The van der Waals surface area contributed by atoms with Crippen LogP contribution in [0.5, 0.6) is 0 Å². The van der Waals surface area contributed by atoms with Crippen molar-refractivity contribution in [1.82, 2.24) is 9.55 Å². The van der Waals surface area contributed by atoms with Crippen molar-refractivity contribution in [1.29, 1.82) is 0 Å². The Bertz CT molecular complexity index is 1060. The standard InChI is InChI=1S/C22H25N3O2S/c1-14(2)13-25-21(27)17-10-6-8-12-19(17)24-22(25)28-16(4)20(26)23-18-11-7-5-9-15(18)3/h5-12,14,16H,13H2,1-4H3,(H,23,26)/t16-/m0/s1. The first kappa shape index (κ1) is 20.1. The second kappa shape index (κ2) is 8.61. The van der Waals surface area contributed by atoms with Gasteiger partial charge in [-0.05, 0) is 43.5 Å². The van der Waals surface area contributed by atoms with Gasteiger partial charge in [0.1, 0.15) is 0 Å². The minimum atomic E-state index is -0.397. The Labute approximate surface area is 169 Å². The van der Waals surface area contributed by atoms with Gasteiger partial charge in [0.05, 0.1) is 16.2 Å². The number of hydrogen-bond acceptors (Lipinski definition) is 4. The smallest absolute Gasteiger partial charge is 0.262 e. The first-order valence-corrected chi connectivity index (χ1v) is 10.3. The first-order valence-electron chi connectivity index (χ1n) is 9.39. The first-order chi connectivity index (χ1) is 13.4. The Balaban J connectivity index is 1.90. The molecule has 0 radical (unpaired) electrons. The summed E-state index contributed by atoms with van der Waals surface area (Å²) in [6.45, 7) is 8.47. The minimum Gasteiger partial charge on any atom is -0.325 e. The molecule has 5 nitrogen and oxygen atoms in total. The molecule has 0 saturated heterocycles. The van der Waals surface area contributed by atoms with E-state index in [1.54, 1.807) is 10.6 Å². The van der Waals surface area contributed by atoms with Crippen molar-refractivity contribution in [3.63, 3.8) is 0 Å². The van der Waals surface area contributed by atoms with E-state index >= 15 is 0 Å². The fourth-order valence-corrected chi connectivity index (χ4v) is 3.84. The average Bonchev–Trinajstić information content (AvgIpc) is 2.66. The molecule has 3 aromatic rings. The van der Waals surface area contributed by atoms with Crippen molar-refractivity contribution in [3.8, 4) is 0 Å².